The first-order valence-corrected chi connectivity index (χ1v) is 5.99. The number of rotatable bonds is 6. The maximum Gasteiger partial charge on any atom is 0.186 e. The van der Waals surface area contributed by atoms with Gasteiger partial charge in [0.1, 0.15) is 18.3 Å². The van der Waals surface area contributed by atoms with E-state index in [0.717, 1.165) is 0 Å². The second kappa shape index (κ2) is 7.34. The van der Waals surface area contributed by atoms with E-state index in [2.05, 4.69) is 4.74 Å². The van der Waals surface area contributed by atoms with Crippen LogP contribution in [0.4, 0.5) is 0 Å². The van der Waals surface area contributed by atoms with E-state index in [1.54, 1.807) is 6.92 Å². The second-order valence-corrected chi connectivity index (χ2v) is 4.38. The molecule has 1 aliphatic rings. The van der Waals surface area contributed by atoms with Gasteiger partial charge in [0.2, 0.25) is 0 Å². The summed E-state index contributed by atoms with van der Waals surface area (Å²) < 4.78 is 15.2. The van der Waals surface area contributed by atoms with Gasteiger partial charge in [0, 0.05) is 13.5 Å². The standard InChI is InChI=1S/C11H22O7/c1-6-8(13)9(14)10(15)11(18-6)17-5-3-4-7(12)16-2/h6-15H,3-5H2,1-2H3/t6?,7?,8-,9?,10-,11+/m0/s1. The zero-order chi connectivity index (χ0) is 13.7. The van der Waals surface area contributed by atoms with Gasteiger partial charge in [-0.05, 0) is 13.3 Å². The summed E-state index contributed by atoms with van der Waals surface area (Å²) in [4.78, 5) is 0. The molecule has 0 spiro atoms. The Hall–Kier alpha value is -0.280. The fraction of sp³-hybridized carbons (Fsp3) is 1.00. The van der Waals surface area contributed by atoms with E-state index in [0.29, 0.717) is 12.8 Å². The summed E-state index contributed by atoms with van der Waals surface area (Å²) in [6.07, 6.45) is -5.20. The average molecular weight is 266 g/mol. The van der Waals surface area contributed by atoms with Crippen LogP contribution in [0, 0.1) is 0 Å². The van der Waals surface area contributed by atoms with Crippen molar-refractivity contribution in [3.8, 4) is 0 Å². The van der Waals surface area contributed by atoms with Crippen molar-refractivity contribution in [1.29, 1.82) is 0 Å². The molecule has 0 aromatic carbocycles. The monoisotopic (exact) mass is 266 g/mol. The first kappa shape index (κ1) is 15.8. The minimum Gasteiger partial charge on any atom is -0.388 e. The van der Waals surface area contributed by atoms with Gasteiger partial charge in [-0.3, -0.25) is 0 Å². The lowest BCUT2D eigenvalue weighted by molar-refractivity contribution is -0.293. The molecule has 7 nitrogen and oxygen atoms in total. The molecule has 1 rings (SSSR count). The first-order valence-electron chi connectivity index (χ1n) is 5.99. The van der Waals surface area contributed by atoms with Crippen molar-refractivity contribution >= 4 is 0 Å². The molecule has 4 N–H and O–H groups in total. The molecule has 0 aromatic heterocycles. The van der Waals surface area contributed by atoms with E-state index in [9.17, 15) is 15.3 Å². The molecule has 7 heteroatoms. The van der Waals surface area contributed by atoms with Crippen LogP contribution in [0.2, 0.25) is 0 Å². The summed E-state index contributed by atoms with van der Waals surface area (Å²) >= 11 is 0. The Morgan fingerprint density at radius 1 is 1.17 bits per heavy atom. The number of aliphatic hydroxyl groups is 4. The predicted molar refractivity (Wildman–Crippen MR) is 60.6 cm³/mol. The third kappa shape index (κ3) is 4.13. The molecule has 18 heavy (non-hydrogen) atoms. The average Bonchev–Trinajstić information content (AvgIpc) is 2.37. The second-order valence-electron chi connectivity index (χ2n) is 4.38. The molecular weight excluding hydrogens is 244 g/mol. The van der Waals surface area contributed by atoms with Crippen molar-refractivity contribution in [3.63, 3.8) is 0 Å². The molecule has 1 saturated heterocycles. The van der Waals surface area contributed by atoms with Crippen LogP contribution in [0.3, 0.4) is 0 Å². The van der Waals surface area contributed by atoms with E-state index < -0.39 is 37.0 Å². The van der Waals surface area contributed by atoms with Gasteiger partial charge in [-0.2, -0.15) is 0 Å². The molecule has 0 aliphatic carbocycles. The Morgan fingerprint density at radius 2 is 1.83 bits per heavy atom. The highest BCUT2D eigenvalue weighted by Crippen LogP contribution is 2.21. The molecule has 1 fully saturated rings. The fourth-order valence-corrected chi connectivity index (χ4v) is 1.73. The number of hydrogen-bond acceptors (Lipinski definition) is 7. The molecule has 108 valence electrons. The summed E-state index contributed by atoms with van der Waals surface area (Å²) in [5, 5.41) is 37.8. The molecular formula is C11H22O7. The van der Waals surface area contributed by atoms with E-state index in [-0.39, 0.29) is 6.61 Å². The van der Waals surface area contributed by atoms with Crippen LogP contribution in [0.5, 0.6) is 0 Å². The van der Waals surface area contributed by atoms with E-state index in [1.165, 1.54) is 7.11 Å². The highest BCUT2D eigenvalue weighted by atomic mass is 16.7. The highest BCUT2D eigenvalue weighted by Gasteiger charge is 2.42. The number of methoxy groups -OCH3 is 1. The molecule has 1 aliphatic heterocycles. The molecule has 0 saturated carbocycles. The normalized spacial score (nSPS) is 38.7. The summed E-state index contributed by atoms with van der Waals surface area (Å²) in [6, 6.07) is 0. The van der Waals surface area contributed by atoms with Gasteiger partial charge in [-0.25, -0.2) is 0 Å². The molecule has 3 unspecified atom stereocenters. The van der Waals surface area contributed by atoms with Gasteiger partial charge >= 0.3 is 0 Å². The summed E-state index contributed by atoms with van der Waals surface area (Å²) in [5.74, 6) is 0. The van der Waals surface area contributed by atoms with Crippen LogP contribution < -0.4 is 0 Å². The fourth-order valence-electron chi connectivity index (χ4n) is 1.73. The molecule has 6 atom stereocenters. The van der Waals surface area contributed by atoms with Gasteiger partial charge in [0.25, 0.3) is 0 Å². The van der Waals surface area contributed by atoms with Gasteiger partial charge in [-0.15, -0.1) is 0 Å². The van der Waals surface area contributed by atoms with Gasteiger partial charge in [0.15, 0.2) is 12.6 Å². The zero-order valence-electron chi connectivity index (χ0n) is 10.6. The van der Waals surface area contributed by atoms with Gasteiger partial charge in [0.05, 0.1) is 12.7 Å². The van der Waals surface area contributed by atoms with Crippen molar-refractivity contribution < 1.29 is 34.6 Å². The van der Waals surface area contributed by atoms with Crippen LogP contribution in [0.15, 0.2) is 0 Å². The lowest BCUT2D eigenvalue weighted by atomic mass is 10.0. The quantitative estimate of drug-likeness (QED) is 0.345. The van der Waals surface area contributed by atoms with E-state index in [4.69, 9.17) is 14.6 Å². The van der Waals surface area contributed by atoms with Crippen molar-refractivity contribution in [2.24, 2.45) is 0 Å². The molecule has 1 heterocycles. The highest BCUT2D eigenvalue weighted by molar-refractivity contribution is 4.87. The minimum absolute atomic E-state index is 0.248. The third-order valence-electron chi connectivity index (χ3n) is 2.96. The smallest absolute Gasteiger partial charge is 0.186 e. The zero-order valence-corrected chi connectivity index (χ0v) is 10.6. The Balaban J connectivity index is 2.29. The summed E-state index contributed by atoms with van der Waals surface area (Å²) in [7, 11) is 1.40. The molecule has 0 amide bonds. The summed E-state index contributed by atoms with van der Waals surface area (Å²) in [5.41, 5.74) is 0. The van der Waals surface area contributed by atoms with E-state index in [1.807, 2.05) is 0 Å². The van der Waals surface area contributed by atoms with Crippen molar-refractivity contribution in [2.45, 2.75) is 56.8 Å². The molecule has 0 aromatic rings. The third-order valence-corrected chi connectivity index (χ3v) is 2.96. The van der Waals surface area contributed by atoms with Crippen LogP contribution in [-0.2, 0) is 14.2 Å². The van der Waals surface area contributed by atoms with Crippen molar-refractivity contribution in [1.82, 2.24) is 0 Å². The molecule has 0 radical (unpaired) electrons. The minimum atomic E-state index is -1.29. The SMILES string of the molecule is COC(O)CCCO[C@@H]1OC(C)[C@H](O)C(O)[C@@H]1O. The van der Waals surface area contributed by atoms with Crippen LogP contribution >= 0.6 is 0 Å². The topological polar surface area (TPSA) is 109 Å². The Bertz CT molecular complexity index is 237. The number of aliphatic hydroxyl groups excluding tert-OH is 4. The Kier molecular flexibility index (Phi) is 6.44. The van der Waals surface area contributed by atoms with Gasteiger partial charge in [-0.1, -0.05) is 0 Å². The van der Waals surface area contributed by atoms with Crippen LogP contribution in [0.1, 0.15) is 19.8 Å². The first-order chi connectivity index (χ1) is 8.47. The number of ether oxygens (including phenoxy) is 3. The maximum atomic E-state index is 9.65. The summed E-state index contributed by atoms with van der Waals surface area (Å²) in [6.45, 7) is 1.84. The van der Waals surface area contributed by atoms with E-state index >= 15 is 0 Å². The largest absolute Gasteiger partial charge is 0.388 e. The number of hydrogen-bond donors (Lipinski definition) is 4. The van der Waals surface area contributed by atoms with Crippen molar-refractivity contribution in [2.75, 3.05) is 13.7 Å². The lowest BCUT2D eigenvalue weighted by Gasteiger charge is -2.38. The Labute approximate surface area is 106 Å². The molecule has 0 bridgehead atoms. The van der Waals surface area contributed by atoms with Crippen LogP contribution in [-0.4, -0.2) is 71.1 Å². The van der Waals surface area contributed by atoms with Gasteiger partial charge < -0.3 is 34.6 Å². The predicted octanol–water partition coefficient (Wildman–Crippen LogP) is -1.42. The van der Waals surface area contributed by atoms with Crippen molar-refractivity contribution in [3.05, 3.63) is 0 Å². The van der Waals surface area contributed by atoms with Crippen LogP contribution in [0.25, 0.3) is 0 Å². The maximum absolute atomic E-state index is 9.65. The lowest BCUT2D eigenvalue weighted by Crippen LogP contribution is -2.57. The Morgan fingerprint density at radius 3 is 2.44 bits per heavy atom.